The van der Waals surface area contributed by atoms with E-state index >= 15 is 0 Å². The molecule has 0 bridgehead atoms. The van der Waals surface area contributed by atoms with Gasteiger partial charge in [-0.15, -0.1) is 11.8 Å². The lowest BCUT2D eigenvalue weighted by Crippen LogP contribution is -2.24. The Morgan fingerprint density at radius 2 is 2.12 bits per heavy atom. The first-order valence-corrected chi connectivity index (χ1v) is 7.38. The van der Waals surface area contributed by atoms with Crippen LogP contribution in [0.25, 0.3) is 0 Å². The largest absolute Gasteiger partial charge is 0.330 e. The fourth-order valence-corrected chi connectivity index (χ4v) is 3.07. The summed E-state index contributed by atoms with van der Waals surface area (Å²) in [6, 6.07) is 8.65. The van der Waals surface area contributed by atoms with Crippen molar-refractivity contribution in [3.63, 3.8) is 0 Å². The van der Waals surface area contributed by atoms with Crippen LogP contribution in [-0.2, 0) is 0 Å². The van der Waals surface area contributed by atoms with E-state index in [1.807, 2.05) is 18.8 Å². The molecule has 3 heteroatoms. The lowest BCUT2D eigenvalue weighted by Gasteiger charge is -2.18. The van der Waals surface area contributed by atoms with Crippen LogP contribution in [0, 0.1) is 0 Å². The number of nitrogens with one attached hydrogen (secondary N) is 1. The van der Waals surface area contributed by atoms with E-state index < -0.39 is 0 Å². The van der Waals surface area contributed by atoms with Crippen LogP contribution in [-0.4, -0.2) is 25.9 Å². The van der Waals surface area contributed by atoms with Crippen LogP contribution in [0.4, 0.5) is 0 Å². The maximum Gasteiger partial charge on any atom is 0.0108 e. The summed E-state index contributed by atoms with van der Waals surface area (Å²) in [5.74, 6) is 1.62. The monoisotopic (exact) mass is 252 g/mol. The van der Waals surface area contributed by atoms with E-state index in [1.54, 1.807) is 0 Å². The molecule has 0 aliphatic heterocycles. The molecule has 0 heterocycles. The molecule has 0 aliphatic carbocycles. The van der Waals surface area contributed by atoms with Crippen molar-refractivity contribution in [2.75, 3.05) is 25.9 Å². The third-order valence-electron chi connectivity index (χ3n) is 2.85. The van der Waals surface area contributed by atoms with Crippen molar-refractivity contribution in [3.8, 4) is 0 Å². The average molecular weight is 252 g/mol. The Bertz CT molecular complexity index is 315. The Labute approximate surface area is 109 Å². The molecule has 0 spiro atoms. The summed E-state index contributed by atoms with van der Waals surface area (Å²) in [5, 5.41) is 3.22. The predicted octanol–water partition coefficient (Wildman–Crippen LogP) is 2.84. The lowest BCUT2D eigenvalue weighted by atomic mass is 9.99. The third kappa shape index (κ3) is 4.70. The molecule has 0 saturated carbocycles. The minimum Gasteiger partial charge on any atom is -0.330 e. The zero-order valence-electron chi connectivity index (χ0n) is 10.9. The van der Waals surface area contributed by atoms with Gasteiger partial charge in [-0.05, 0) is 30.9 Å². The number of hydrogen-bond donors (Lipinski definition) is 2. The van der Waals surface area contributed by atoms with Crippen molar-refractivity contribution in [3.05, 3.63) is 29.8 Å². The van der Waals surface area contributed by atoms with Crippen LogP contribution in [0.2, 0.25) is 0 Å². The number of unbranched alkanes of at least 4 members (excludes halogenated alkanes) is 1. The van der Waals surface area contributed by atoms with E-state index in [-0.39, 0.29) is 0 Å². The van der Waals surface area contributed by atoms with Crippen molar-refractivity contribution in [1.29, 1.82) is 0 Å². The normalized spacial score (nSPS) is 12.6. The van der Waals surface area contributed by atoms with Crippen LogP contribution in [0.1, 0.15) is 31.2 Å². The summed E-state index contributed by atoms with van der Waals surface area (Å²) in [4.78, 5) is 1.40. The molecule has 0 amide bonds. The second kappa shape index (κ2) is 8.56. The average Bonchev–Trinajstić information content (AvgIpc) is 2.37. The fraction of sp³-hybridized carbons (Fsp3) is 0.571. The Morgan fingerprint density at radius 1 is 1.35 bits per heavy atom. The van der Waals surface area contributed by atoms with Crippen LogP contribution in [0.15, 0.2) is 29.2 Å². The molecule has 96 valence electrons. The predicted molar refractivity (Wildman–Crippen MR) is 77.8 cm³/mol. The van der Waals surface area contributed by atoms with Gasteiger partial charge in [0, 0.05) is 23.9 Å². The van der Waals surface area contributed by atoms with Crippen molar-refractivity contribution in [1.82, 2.24) is 5.32 Å². The molecule has 0 aromatic heterocycles. The molecule has 0 saturated heterocycles. The lowest BCUT2D eigenvalue weighted by molar-refractivity contribution is 0.628. The topological polar surface area (TPSA) is 38.0 Å². The SMILES string of the molecule is CCCCSc1ccccc1C(CN)CNC. The molecule has 17 heavy (non-hydrogen) atoms. The first-order valence-electron chi connectivity index (χ1n) is 6.39. The van der Waals surface area contributed by atoms with E-state index in [4.69, 9.17) is 5.73 Å². The molecular formula is C14H24N2S. The van der Waals surface area contributed by atoms with Crippen LogP contribution >= 0.6 is 11.8 Å². The summed E-state index contributed by atoms with van der Waals surface area (Å²) in [7, 11) is 1.98. The maximum absolute atomic E-state index is 5.87. The third-order valence-corrected chi connectivity index (χ3v) is 4.02. The minimum atomic E-state index is 0.422. The molecule has 1 unspecified atom stereocenters. The van der Waals surface area contributed by atoms with Gasteiger partial charge in [0.25, 0.3) is 0 Å². The Kier molecular flexibility index (Phi) is 7.33. The van der Waals surface area contributed by atoms with Gasteiger partial charge in [0.1, 0.15) is 0 Å². The second-order valence-corrected chi connectivity index (χ2v) is 5.37. The first kappa shape index (κ1) is 14.6. The van der Waals surface area contributed by atoms with E-state index in [0.717, 1.165) is 6.54 Å². The van der Waals surface area contributed by atoms with Gasteiger partial charge >= 0.3 is 0 Å². The maximum atomic E-state index is 5.87. The summed E-state index contributed by atoms with van der Waals surface area (Å²) in [6.07, 6.45) is 2.53. The van der Waals surface area contributed by atoms with Crippen LogP contribution in [0.5, 0.6) is 0 Å². The molecule has 3 N–H and O–H groups in total. The van der Waals surface area contributed by atoms with Crippen LogP contribution < -0.4 is 11.1 Å². The Balaban J connectivity index is 2.74. The number of hydrogen-bond acceptors (Lipinski definition) is 3. The summed E-state index contributed by atoms with van der Waals surface area (Å²) in [6.45, 7) is 3.88. The molecular weight excluding hydrogens is 228 g/mol. The van der Waals surface area contributed by atoms with Crippen molar-refractivity contribution < 1.29 is 0 Å². The molecule has 0 radical (unpaired) electrons. The van der Waals surface area contributed by atoms with Gasteiger partial charge in [-0.1, -0.05) is 31.5 Å². The quantitative estimate of drug-likeness (QED) is 0.552. The molecule has 1 aromatic rings. The molecule has 0 fully saturated rings. The highest BCUT2D eigenvalue weighted by molar-refractivity contribution is 7.99. The molecule has 1 aromatic carbocycles. The number of nitrogens with two attached hydrogens (primary N) is 1. The smallest absolute Gasteiger partial charge is 0.0108 e. The summed E-state index contributed by atoms with van der Waals surface area (Å²) < 4.78 is 0. The van der Waals surface area contributed by atoms with Gasteiger partial charge < -0.3 is 11.1 Å². The zero-order valence-corrected chi connectivity index (χ0v) is 11.7. The van der Waals surface area contributed by atoms with E-state index in [1.165, 1.54) is 29.1 Å². The van der Waals surface area contributed by atoms with Crippen molar-refractivity contribution >= 4 is 11.8 Å². The van der Waals surface area contributed by atoms with E-state index in [2.05, 4.69) is 36.5 Å². The molecule has 1 rings (SSSR count). The standard InChI is InChI=1S/C14H24N2S/c1-3-4-9-17-14-8-6-5-7-13(14)12(10-15)11-16-2/h5-8,12,16H,3-4,9-11,15H2,1-2H3. The molecule has 1 atom stereocenters. The Hall–Kier alpha value is -0.510. The fourth-order valence-electron chi connectivity index (χ4n) is 1.84. The number of likely N-dealkylation sites (N-methyl/N-ethyl adjacent to an activating group) is 1. The summed E-state index contributed by atoms with van der Waals surface area (Å²) >= 11 is 1.96. The van der Waals surface area contributed by atoms with Gasteiger partial charge in [0.2, 0.25) is 0 Å². The number of benzene rings is 1. The Morgan fingerprint density at radius 3 is 2.76 bits per heavy atom. The van der Waals surface area contributed by atoms with Gasteiger partial charge in [-0.2, -0.15) is 0 Å². The highest BCUT2D eigenvalue weighted by atomic mass is 32.2. The van der Waals surface area contributed by atoms with Gasteiger partial charge in [0.05, 0.1) is 0 Å². The van der Waals surface area contributed by atoms with Crippen molar-refractivity contribution in [2.45, 2.75) is 30.6 Å². The number of rotatable bonds is 8. The first-order chi connectivity index (χ1) is 8.33. The minimum absolute atomic E-state index is 0.422. The number of thioether (sulfide) groups is 1. The highest BCUT2D eigenvalue weighted by Gasteiger charge is 2.12. The van der Waals surface area contributed by atoms with Gasteiger partial charge in [-0.3, -0.25) is 0 Å². The zero-order chi connectivity index (χ0) is 12.5. The van der Waals surface area contributed by atoms with Gasteiger partial charge in [0.15, 0.2) is 0 Å². The summed E-state index contributed by atoms with van der Waals surface area (Å²) in [5.41, 5.74) is 7.26. The van der Waals surface area contributed by atoms with E-state index in [0.29, 0.717) is 12.5 Å². The molecule has 0 aliphatic rings. The van der Waals surface area contributed by atoms with E-state index in [9.17, 15) is 0 Å². The van der Waals surface area contributed by atoms with Gasteiger partial charge in [-0.25, -0.2) is 0 Å². The highest BCUT2D eigenvalue weighted by Crippen LogP contribution is 2.28. The van der Waals surface area contributed by atoms with Crippen LogP contribution in [0.3, 0.4) is 0 Å². The second-order valence-electron chi connectivity index (χ2n) is 4.23. The molecule has 2 nitrogen and oxygen atoms in total. The van der Waals surface area contributed by atoms with Crippen molar-refractivity contribution in [2.24, 2.45) is 5.73 Å².